The van der Waals surface area contributed by atoms with Gasteiger partial charge in [0.05, 0.1) is 0 Å². The van der Waals surface area contributed by atoms with Gasteiger partial charge in [-0.05, 0) is 28.8 Å². The Labute approximate surface area is 91.3 Å². The zero-order valence-corrected chi connectivity index (χ0v) is 10.5. The lowest BCUT2D eigenvalue weighted by atomic mass is 10.2. The number of halogens is 1. The van der Waals surface area contributed by atoms with Gasteiger partial charge in [-0.25, -0.2) is 0 Å². The van der Waals surface area contributed by atoms with E-state index in [0.29, 0.717) is 5.92 Å². The average molecular weight is 264 g/mol. The molecule has 0 radical (unpaired) electrons. The predicted molar refractivity (Wildman–Crippen MR) is 60.3 cm³/mol. The summed E-state index contributed by atoms with van der Waals surface area (Å²) >= 11 is 4.90. The molecule has 0 spiro atoms. The van der Waals surface area contributed by atoms with Crippen molar-refractivity contribution < 1.29 is 0 Å². The van der Waals surface area contributed by atoms with Gasteiger partial charge in [0.15, 0.2) is 3.92 Å². The Morgan fingerprint density at radius 2 is 2.15 bits per heavy atom. The second-order valence-electron chi connectivity index (χ2n) is 3.27. The first kappa shape index (κ1) is 10.9. The van der Waals surface area contributed by atoms with Crippen LogP contribution in [0.1, 0.15) is 20.8 Å². The molecule has 74 valence electrons. The summed E-state index contributed by atoms with van der Waals surface area (Å²) in [5.74, 6) is 0.655. The van der Waals surface area contributed by atoms with E-state index >= 15 is 0 Å². The van der Waals surface area contributed by atoms with Crippen molar-refractivity contribution in [2.24, 2.45) is 5.92 Å². The fourth-order valence-electron chi connectivity index (χ4n) is 1.11. The van der Waals surface area contributed by atoms with Crippen LogP contribution in [-0.4, -0.2) is 23.3 Å². The molecule has 5 heteroatoms. The molecule has 0 saturated carbocycles. The van der Waals surface area contributed by atoms with Crippen molar-refractivity contribution in [3.05, 3.63) is 3.92 Å². The van der Waals surface area contributed by atoms with Gasteiger partial charge in [-0.1, -0.05) is 25.2 Å². The van der Waals surface area contributed by atoms with Gasteiger partial charge < -0.3 is 4.90 Å². The molecule has 1 aromatic rings. The monoisotopic (exact) mass is 263 g/mol. The molecule has 0 fully saturated rings. The molecular formula is C8H14BrN3S. The number of rotatable bonds is 4. The highest BCUT2D eigenvalue weighted by Gasteiger charge is 2.10. The summed E-state index contributed by atoms with van der Waals surface area (Å²) < 4.78 is 0.852. The maximum absolute atomic E-state index is 4.09. The highest BCUT2D eigenvalue weighted by molar-refractivity contribution is 9.11. The van der Waals surface area contributed by atoms with Crippen LogP contribution in [0.25, 0.3) is 0 Å². The van der Waals surface area contributed by atoms with Crippen molar-refractivity contribution in [3.63, 3.8) is 0 Å². The van der Waals surface area contributed by atoms with E-state index < -0.39 is 0 Å². The summed E-state index contributed by atoms with van der Waals surface area (Å²) in [5.41, 5.74) is 0. The molecule has 13 heavy (non-hydrogen) atoms. The minimum absolute atomic E-state index is 0.655. The first-order valence-corrected chi connectivity index (χ1v) is 5.98. The second-order valence-corrected chi connectivity index (χ2v) is 5.50. The van der Waals surface area contributed by atoms with Crippen LogP contribution in [-0.2, 0) is 0 Å². The van der Waals surface area contributed by atoms with E-state index in [9.17, 15) is 0 Å². The molecule has 0 aliphatic rings. The van der Waals surface area contributed by atoms with Crippen LogP contribution in [0.15, 0.2) is 3.92 Å². The lowest BCUT2D eigenvalue weighted by Crippen LogP contribution is -2.26. The van der Waals surface area contributed by atoms with Crippen LogP contribution in [0.4, 0.5) is 5.13 Å². The molecule has 0 N–H and O–H groups in total. The average Bonchev–Trinajstić information content (AvgIpc) is 2.47. The Morgan fingerprint density at radius 1 is 1.46 bits per heavy atom. The Kier molecular flexibility index (Phi) is 4.12. The summed E-state index contributed by atoms with van der Waals surface area (Å²) in [4.78, 5) is 2.24. The van der Waals surface area contributed by atoms with Gasteiger partial charge in [0.2, 0.25) is 5.13 Å². The fourth-order valence-corrected chi connectivity index (χ4v) is 2.27. The summed E-state index contributed by atoms with van der Waals surface area (Å²) in [7, 11) is 0. The van der Waals surface area contributed by atoms with Crippen LogP contribution >= 0.6 is 27.3 Å². The van der Waals surface area contributed by atoms with Crippen molar-refractivity contribution in [2.45, 2.75) is 20.8 Å². The van der Waals surface area contributed by atoms with E-state index in [0.717, 1.165) is 22.1 Å². The Hall–Kier alpha value is -0.160. The SMILES string of the molecule is CCN(CC(C)C)c1nnc(Br)s1. The third-order valence-corrected chi connectivity index (χ3v) is 3.04. The third kappa shape index (κ3) is 3.23. The number of nitrogens with zero attached hydrogens (tertiary/aromatic N) is 3. The summed E-state index contributed by atoms with van der Waals surface area (Å²) in [6.45, 7) is 8.58. The molecule has 0 bridgehead atoms. The lowest BCUT2D eigenvalue weighted by Gasteiger charge is -2.20. The lowest BCUT2D eigenvalue weighted by molar-refractivity contribution is 0.616. The first-order chi connectivity index (χ1) is 6.13. The van der Waals surface area contributed by atoms with E-state index in [-0.39, 0.29) is 0 Å². The van der Waals surface area contributed by atoms with Gasteiger partial charge in [0, 0.05) is 13.1 Å². The molecule has 1 rings (SSSR count). The van der Waals surface area contributed by atoms with Crippen LogP contribution in [0.3, 0.4) is 0 Å². The standard InChI is InChI=1S/C8H14BrN3S/c1-4-12(5-6(2)3)8-11-10-7(9)13-8/h6H,4-5H2,1-3H3. The van der Waals surface area contributed by atoms with Gasteiger partial charge in [0.1, 0.15) is 0 Å². The minimum Gasteiger partial charge on any atom is -0.347 e. The zero-order chi connectivity index (χ0) is 9.84. The summed E-state index contributed by atoms with van der Waals surface area (Å²) in [5, 5.41) is 9.03. The number of hydrogen-bond donors (Lipinski definition) is 0. The summed E-state index contributed by atoms with van der Waals surface area (Å²) in [6, 6.07) is 0. The fraction of sp³-hybridized carbons (Fsp3) is 0.750. The van der Waals surface area contributed by atoms with Crippen molar-refractivity contribution in [3.8, 4) is 0 Å². The van der Waals surface area contributed by atoms with E-state index in [4.69, 9.17) is 0 Å². The molecule has 3 nitrogen and oxygen atoms in total. The molecule has 0 amide bonds. The highest BCUT2D eigenvalue weighted by atomic mass is 79.9. The smallest absolute Gasteiger partial charge is 0.209 e. The van der Waals surface area contributed by atoms with Crippen LogP contribution in [0.2, 0.25) is 0 Å². The Balaban J connectivity index is 2.66. The van der Waals surface area contributed by atoms with E-state index in [1.165, 1.54) is 0 Å². The largest absolute Gasteiger partial charge is 0.347 e. The van der Waals surface area contributed by atoms with Crippen molar-refractivity contribution in [1.82, 2.24) is 10.2 Å². The molecule has 1 aromatic heterocycles. The molecule has 0 aliphatic heterocycles. The topological polar surface area (TPSA) is 29.0 Å². The van der Waals surface area contributed by atoms with Crippen LogP contribution in [0.5, 0.6) is 0 Å². The molecule has 0 aromatic carbocycles. The quantitative estimate of drug-likeness (QED) is 0.837. The van der Waals surface area contributed by atoms with Gasteiger partial charge in [0.25, 0.3) is 0 Å². The van der Waals surface area contributed by atoms with Crippen molar-refractivity contribution in [2.75, 3.05) is 18.0 Å². The van der Waals surface area contributed by atoms with E-state index in [2.05, 4.69) is 51.8 Å². The van der Waals surface area contributed by atoms with Gasteiger partial charge in [-0.2, -0.15) is 0 Å². The molecular weight excluding hydrogens is 250 g/mol. The molecule has 1 heterocycles. The maximum Gasteiger partial charge on any atom is 0.209 e. The third-order valence-electron chi connectivity index (χ3n) is 1.63. The zero-order valence-electron chi connectivity index (χ0n) is 8.12. The van der Waals surface area contributed by atoms with Crippen molar-refractivity contribution in [1.29, 1.82) is 0 Å². The number of hydrogen-bond acceptors (Lipinski definition) is 4. The maximum atomic E-state index is 4.09. The predicted octanol–water partition coefficient (Wildman–Crippen LogP) is 2.78. The normalized spacial score (nSPS) is 10.8. The molecule has 0 atom stereocenters. The van der Waals surface area contributed by atoms with Gasteiger partial charge in [-0.3, -0.25) is 0 Å². The minimum atomic E-state index is 0.655. The Bertz CT molecular complexity index is 262. The van der Waals surface area contributed by atoms with E-state index in [1.54, 1.807) is 11.3 Å². The Morgan fingerprint density at radius 3 is 2.54 bits per heavy atom. The molecule has 0 aliphatic carbocycles. The summed E-state index contributed by atoms with van der Waals surface area (Å²) in [6.07, 6.45) is 0. The van der Waals surface area contributed by atoms with Crippen molar-refractivity contribution >= 4 is 32.4 Å². The van der Waals surface area contributed by atoms with Gasteiger partial charge >= 0.3 is 0 Å². The highest BCUT2D eigenvalue weighted by Crippen LogP contribution is 2.24. The van der Waals surface area contributed by atoms with Crippen LogP contribution in [0, 0.1) is 5.92 Å². The van der Waals surface area contributed by atoms with Crippen LogP contribution < -0.4 is 4.90 Å². The molecule has 0 unspecified atom stereocenters. The van der Waals surface area contributed by atoms with Gasteiger partial charge in [-0.15, -0.1) is 10.2 Å². The van der Waals surface area contributed by atoms with E-state index in [1.807, 2.05) is 0 Å². The first-order valence-electron chi connectivity index (χ1n) is 4.37. The number of aromatic nitrogens is 2. The number of anilines is 1. The molecule has 0 saturated heterocycles. The second kappa shape index (κ2) is 4.91.